The van der Waals surface area contributed by atoms with Gasteiger partial charge < -0.3 is 4.74 Å². The Morgan fingerprint density at radius 3 is 2.38 bits per heavy atom. The number of rotatable bonds is 7. The highest BCUT2D eigenvalue weighted by atomic mass is 19.1. The van der Waals surface area contributed by atoms with Gasteiger partial charge in [0.25, 0.3) is 0 Å². The van der Waals surface area contributed by atoms with E-state index in [0.29, 0.717) is 6.42 Å². The van der Waals surface area contributed by atoms with Crippen molar-refractivity contribution in [1.82, 2.24) is 19.7 Å². The first kappa shape index (κ1) is 29.3. The highest BCUT2D eigenvalue weighted by Crippen LogP contribution is 2.42. The lowest BCUT2D eigenvalue weighted by molar-refractivity contribution is -0.134. The minimum atomic E-state index is -1.60. The smallest absolute Gasteiger partial charge is 0.330 e. The third kappa shape index (κ3) is 6.16. The SMILES string of the molecule is COC(=O)/C=C/c1cc(F)c(C2c3ccc(-c4ccc(-c5cnn(C)c5)nc4)cc3CC(C)N2CC(C)(C)F)c(F)c1. The highest BCUT2D eigenvalue weighted by molar-refractivity contribution is 5.86. The van der Waals surface area contributed by atoms with Crippen LogP contribution in [0, 0.1) is 11.6 Å². The van der Waals surface area contributed by atoms with Crippen LogP contribution in [0.25, 0.3) is 28.5 Å². The Morgan fingerprint density at radius 1 is 1.07 bits per heavy atom. The molecule has 6 nitrogen and oxygen atoms in total. The predicted octanol–water partition coefficient (Wildman–Crippen LogP) is 6.70. The lowest BCUT2D eigenvalue weighted by Gasteiger charge is -2.44. The Labute approximate surface area is 243 Å². The summed E-state index contributed by atoms with van der Waals surface area (Å²) in [6.07, 6.45) is 8.43. The number of hydrogen-bond donors (Lipinski definition) is 0. The molecule has 0 aliphatic carbocycles. The first-order valence-electron chi connectivity index (χ1n) is 13.7. The number of nitrogens with zero attached hydrogens (tertiary/aromatic N) is 4. The van der Waals surface area contributed by atoms with E-state index in [9.17, 15) is 4.79 Å². The van der Waals surface area contributed by atoms with E-state index < -0.39 is 29.3 Å². The maximum absolute atomic E-state index is 15.7. The summed E-state index contributed by atoms with van der Waals surface area (Å²) in [5.74, 6) is -2.18. The quantitative estimate of drug-likeness (QED) is 0.182. The molecule has 4 aromatic rings. The van der Waals surface area contributed by atoms with E-state index >= 15 is 13.2 Å². The van der Waals surface area contributed by atoms with Gasteiger partial charge in [-0.25, -0.2) is 18.0 Å². The lowest BCUT2D eigenvalue weighted by atomic mass is 9.82. The Balaban J connectivity index is 1.55. The second-order valence-electron chi connectivity index (χ2n) is 11.3. The Hall–Kier alpha value is -4.24. The van der Waals surface area contributed by atoms with E-state index in [-0.39, 0.29) is 23.7 Å². The van der Waals surface area contributed by atoms with Crippen LogP contribution in [0.2, 0.25) is 0 Å². The fraction of sp³-hybridized carbons (Fsp3) is 0.303. The van der Waals surface area contributed by atoms with Gasteiger partial charge in [-0.3, -0.25) is 14.6 Å². The molecule has 2 unspecified atom stereocenters. The van der Waals surface area contributed by atoms with Crippen LogP contribution in [0.5, 0.6) is 0 Å². The van der Waals surface area contributed by atoms with Crippen LogP contribution in [0.4, 0.5) is 13.2 Å². The monoisotopic (exact) mass is 574 g/mol. The van der Waals surface area contributed by atoms with Gasteiger partial charge in [-0.15, -0.1) is 0 Å². The lowest BCUT2D eigenvalue weighted by Crippen LogP contribution is -2.48. The summed E-state index contributed by atoms with van der Waals surface area (Å²) in [4.78, 5) is 17.9. The summed E-state index contributed by atoms with van der Waals surface area (Å²) in [6, 6.07) is 11.0. The van der Waals surface area contributed by atoms with E-state index in [1.165, 1.54) is 39.2 Å². The summed E-state index contributed by atoms with van der Waals surface area (Å²) in [5.41, 5.74) is 3.63. The molecule has 0 radical (unpaired) electrons. The topological polar surface area (TPSA) is 60.2 Å². The minimum Gasteiger partial charge on any atom is -0.466 e. The first-order valence-corrected chi connectivity index (χ1v) is 13.7. The van der Waals surface area contributed by atoms with Gasteiger partial charge >= 0.3 is 5.97 Å². The summed E-state index contributed by atoms with van der Waals surface area (Å²) >= 11 is 0. The van der Waals surface area contributed by atoms with Crippen LogP contribution in [-0.2, 0) is 23.0 Å². The van der Waals surface area contributed by atoms with Crippen LogP contribution in [-0.4, -0.2) is 51.0 Å². The van der Waals surface area contributed by atoms with Crippen molar-refractivity contribution >= 4 is 12.0 Å². The molecule has 2 aromatic heterocycles. The van der Waals surface area contributed by atoms with Gasteiger partial charge in [0.15, 0.2) is 0 Å². The van der Waals surface area contributed by atoms with E-state index in [2.05, 4.69) is 14.8 Å². The number of ether oxygens (including phenoxy) is 1. The molecular weight excluding hydrogens is 541 g/mol. The van der Waals surface area contributed by atoms with E-state index in [0.717, 1.165) is 39.6 Å². The zero-order valence-corrected chi connectivity index (χ0v) is 24.2. The predicted molar refractivity (Wildman–Crippen MR) is 156 cm³/mol. The molecule has 3 heterocycles. The molecule has 0 N–H and O–H groups in total. The van der Waals surface area contributed by atoms with Gasteiger partial charge in [-0.2, -0.15) is 5.10 Å². The average Bonchev–Trinajstić information content (AvgIpc) is 3.38. The molecule has 218 valence electrons. The van der Waals surface area contributed by atoms with E-state index in [1.807, 2.05) is 55.4 Å². The third-order valence-electron chi connectivity index (χ3n) is 7.49. The zero-order chi connectivity index (χ0) is 30.2. The van der Waals surface area contributed by atoms with E-state index in [4.69, 9.17) is 0 Å². The summed E-state index contributed by atoms with van der Waals surface area (Å²) in [6.45, 7) is 4.86. The molecule has 1 aliphatic rings. The van der Waals surface area contributed by atoms with Gasteiger partial charge in [0.2, 0.25) is 0 Å². The molecule has 0 saturated carbocycles. The van der Waals surface area contributed by atoms with Gasteiger partial charge in [0.05, 0.1) is 25.0 Å². The maximum atomic E-state index is 15.7. The molecule has 5 rings (SSSR count). The molecule has 0 fully saturated rings. The third-order valence-corrected chi connectivity index (χ3v) is 7.49. The standard InChI is InChI=1S/C33H33F3N4O2/c1-20-12-24-15-22(23-8-10-29(37-16-23)25-17-38-39(4)18-25)7-9-26(24)32(40(20)19-33(2,3)36)31-27(34)13-21(14-28(31)35)6-11-30(41)42-5/h6-11,13-18,20,32H,12,19H2,1-5H3/b11-6+. The number of esters is 1. The van der Waals surface area contributed by atoms with E-state index in [1.54, 1.807) is 17.1 Å². The van der Waals surface area contributed by atoms with Crippen molar-refractivity contribution in [2.24, 2.45) is 7.05 Å². The Bertz CT molecular complexity index is 1620. The number of methoxy groups -OCH3 is 1. The van der Waals surface area contributed by atoms with Crippen LogP contribution in [0.3, 0.4) is 0 Å². The van der Waals surface area contributed by atoms with Crippen molar-refractivity contribution in [3.63, 3.8) is 0 Å². The summed E-state index contributed by atoms with van der Waals surface area (Å²) < 4.78 is 52.8. The van der Waals surface area contributed by atoms with Gasteiger partial charge in [0, 0.05) is 54.8 Å². The molecule has 2 atom stereocenters. The van der Waals surface area contributed by atoms with Crippen LogP contribution in [0.15, 0.2) is 67.1 Å². The largest absolute Gasteiger partial charge is 0.466 e. The fourth-order valence-corrected chi connectivity index (χ4v) is 5.58. The second-order valence-corrected chi connectivity index (χ2v) is 11.3. The Morgan fingerprint density at radius 2 is 1.79 bits per heavy atom. The van der Waals surface area contributed by atoms with Crippen molar-refractivity contribution in [3.8, 4) is 22.4 Å². The molecule has 0 spiro atoms. The van der Waals surface area contributed by atoms with Crippen molar-refractivity contribution < 1.29 is 22.7 Å². The molecule has 9 heteroatoms. The number of aryl methyl sites for hydroxylation is 1. The van der Waals surface area contributed by atoms with Crippen LogP contribution in [0.1, 0.15) is 49.1 Å². The number of aromatic nitrogens is 3. The number of pyridine rings is 1. The summed E-state index contributed by atoms with van der Waals surface area (Å²) in [5, 5.41) is 4.20. The van der Waals surface area contributed by atoms with Crippen molar-refractivity contribution in [2.75, 3.05) is 13.7 Å². The molecule has 42 heavy (non-hydrogen) atoms. The normalized spacial score (nSPS) is 17.4. The fourth-order valence-electron chi connectivity index (χ4n) is 5.58. The van der Waals surface area contributed by atoms with Crippen molar-refractivity contribution in [2.45, 2.75) is 44.9 Å². The van der Waals surface area contributed by atoms with Crippen molar-refractivity contribution in [3.05, 3.63) is 101 Å². The Kier molecular flexibility index (Phi) is 8.06. The number of carbonyl (C=O) groups excluding carboxylic acids is 1. The molecule has 2 aromatic carbocycles. The minimum absolute atomic E-state index is 0.0113. The van der Waals surface area contributed by atoms with Crippen molar-refractivity contribution in [1.29, 1.82) is 0 Å². The molecule has 0 amide bonds. The van der Waals surface area contributed by atoms with Gasteiger partial charge in [0.1, 0.15) is 17.3 Å². The molecule has 0 bridgehead atoms. The average molecular weight is 575 g/mol. The molecular formula is C33H33F3N4O2. The highest BCUT2D eigenvalue weighted by Gasteiger charge is 2.39. The van der Waals surface area contributed by atoms with Crippen LogP contribution >= 0.6 is 0 Å². The number of carbonyl (C=O) groups is 1. The number of fused-ring (bicyclic) bond motifs is 1. The maximum Gasteiger partial charge on any atom is 0.330 e. The van der Waals surface area contributed by atoms with Crippen LogP contribution < -0.4 is 0 Å². The molecule has 1 aliphatic heterocycles. The molecule has 0 saturated heterocycles. The second kappa shape index (κ2) is 11.6. The van der Waals surface area contributed by atoms with Gasteiger partial charge in [-0.1, -0.05) is 24.3 Å². The number of hydrogen-bond acceptors (Lipinski definition) is 5. The number of benzene rings is 2. The van der Waals surface area contributed by atoms with Gasteiger partial charge in [-0.05, 0) is 73.7 Å². The number of alkyl halides is 1. The summed E-state index contributed by atoms with van der Waals surface area (Å²) in [7, 11) is 3.07. The zero-order valence-electron chi connectivity index (χ0n) is 24.2. The number of halogens is 3. The first-order chi connectivity index (χ1) is 19.9.